The van der Waals surface area contributed by atoms with Crippen molar-refractivity contribution in [1.82, 2.24) is 5.32 Å². The third kappa shape index (κ3) is 1.71. The van der Waals surface area contributed by atoms with E-state index in [0.717, 1.165) is 30.6 Å². The number of nitrogens with one attached hydrogen (secondary N) is 1. The van der Waals surface area contributed by atoms with Crippen LogP contribution in [0.5, 0.6) is 0 Å². The van der Waals surface area contributed by atoms with Gasteiger partial charge in [0, 0.05) is 12.0 Å². The summed E-state index contributed by atoms with van der Waals surface area (Å²) >= 11 is 0. The first-order valence-electron chi connectivity index (χ1n) is 7.95. The van der Waals surface area contributed by atoms with Gasteiger partial charge >= 0.3 is 0 Å². The van der Waals surface area contributed by atoms with Crippen molar-refractivity contribution in [3.05, 3.63) is 0 Å². The van der Waals surface area contributed by atoms with Crippen LogP contribution in [-0.4, -0.2) is 11.9 Å². The van der Waals surface area contributed by atoms with Crippen molar-refractivity contribution in [2.75, 3.05) is 0 Å². The second kappa shape index (κ2) is 3.74. The van der Waals surface area contributed by atoms with Gasteiger partial charge in [-0.1, -0.05) is 0 Å². The zero-order chi connectivity index (χ0) is 12.3. The first-order chi connectivity index (χ1) is 8.64. The maximum Gasteiger partial charge on any atom is 0.223 e. The van der Waals surface area contributed by atoms with Crippen molar-refractivity contribution in [3.63, 3.8) is 0 Å². The fourth-order valence-corrected chi connectivity index (χ4v) is 5.54. The molecular weight excluding hydrogens is 222 g/mol. The smallest absolute Gasteiger partial charge is 0.223 e. The van der Waals surface area contributed by atoms with E-state index in [1.54, 1.807) is 0 Å². The van der Waals surface area contributed by atoms with Crippen LogP contribution < -0.4 is 5.32 Å². The van der Waals surface area contributed by atoms with Gasteiger partial charge in [0.15, 0.2) is 0 Å². The molecule has 18 heavy (non-hydrogen) atoms. The molecule has 100 valence electrons. The summed E-state index contributed by atoms with van der Waals surface area (Å²) in [7, 11) is 0. The Balaban J connectivity index is 1.50. The predicted molar refractivity (Wildman–Crippen MR) is 70.9 cm³/mol. The Morgan fingerprint density at radius 2 is 1.56 bits per heavy atom. The lowest BCUT2D eigenvalue weighted by atomic mass is 9.48. The molecule has 0 aromatic rings. The highest BCUT2D eigenvalue weighted by molar-refractivity contribution is 5.81. The summed E-state index contributed by atoms with van der Waals surface area (Å²) in [6.45, 7) is 2.29. The first-order valence-corrected chi connectivity index (χ1v) is 7.95. The summed E-state index contributed by atoms with van der Waals surface area (Å²) in [5.74, 6) is 3.66. The Bertz CT molecular complexity index is 336. The summed E-state index contributed by atoms with van der Waals surface area (Å²) in [6, 6.07) is 0.416. The molecule has 1 amide bonds. The second-order valence-electron chi connectivity index (χ2n) is 7.78. The molecule has 5 aliphatic carbocycles. The highest BCUT2D eigenvalue weighted by atomic mass is 16.2. The minimum atomic E-state index is 0.346. The third-order valence-electron chi connectivity index (χ3n) is 6.31. The minimum absolute atomic E-state index is 0.346. The van der Waals surface area contributed by atoms with Gasteiger partial charge in [-0.25, -0.2) is 0 Å². The SMILES string of the molecule is C[C@@H](NC(=O)C1CC1)C12CC3CC(CC(C3)C1)C2. The predicted octanol–water partition coefficient (Wildman–Crippen LogP) is 3.12. The van der Waals surface area contributed by atoms with Gasteiger partial charge in [-0.05, 0) is 81.5 Å². The Morgan fingerprint density at radius 1 is 1.06 bits per heavy atom. The molecule has 0 aromatic carbocycles. The van der Waals surface area contributed by atoms with Gasteiger partial charge in [0.1, 0.15) is 0 Å². The lowest BCUT2D eigenvalue weighted by Crippen LogP contribution is -2.56. The molecule has 4 bridgehead atoms. The Morgan fingerprint density at radius 3 is 2.00 bits per heavy atom. The van der Waals surface area contributed by atoms with Crippen LogP contribution in [-0.2, 0) is 4.79 Å². The number of hydrogen-bond donors (Lipinski definition) is 1. The van der Waals surface area contributed by atoms with Gasteiger partial charge in [-0.3, -0.25) is 4.79 Å². The van der Waals surface area contributed by atoms with Crippen LogP contribution in [0.2, 0.25) is 0 Å². The third-order valence-corrected chi connectivity index (χ3v) is 6.31. The lowest BCUT2D eigenvalue weighted by Gasteiger charge is -2.59. The number of amides is 1. The van der Waals surface area contributed by atoms with Crippen molar-refractivity contribution in [3.8, 4) is 0 Å². The molecule has 5 aliphatic rings. The fourth-order valence-electron chi connectivity index (χ4n) is 5.54. The molecule has 0 aliphatic heterocycles. The molecule has 0 heterocycles. The van der Waals surface area contributed by atoms with Crippen LogP contribution in [0.3, 0.4) is 0 Å². The van der Waals surface area contributed by atoms with Gasteiger partial charge in [0.2, 0.25) is 5.91 Å². The molecule has 1 atom stereocenters. The van der Waals surface area contributed by atoms with Gasteiger partial charge in [0.25, 0.3) is 0 Å². The van der Waals surface area contributed by atoms with E-state index in [4.69, 9.17) is 0 Å². The van der Waals surface area contributed by atoms with E-state index in [-0.39, 0.29) is 0 Å². The Kier molecular flexibility index (Phi) is 2.35. The highest BCUT2D eigenvalue weighted by Crippen LogP contribution is 2.61. The average Bonchev–Trinajstić information content (AvgIpc) is 3.10. The van der Waals surface area contributed by atoms with E-state index < -0.39 is 0 Å². The molecule has 5 rings (SSSR count). The maximum absolute atomic E-state index is 12.0. The standard InChI is InChI=1S/C16H25NO/c1-10(17-15(18)14-2-3-14)16-7-11-4-12(8-16)6-13(5-11)9-16/h10-14H,2-9H2,1H3,(H,17,18)/t10-,11?,12?,13?,16?/m1/s1. The zero-order valence-electron chi connectivity index (χ0n) is 11.5. The lowest BCUT2D eigenvalue weighted by molar-refractivity contribution is -0.127. The largest absolute Gasteiger partial charge is 0.353 e. The summed E-state index contributed by atoms with van der Waals surface area (Å²) in [6.07, 6.45) is 10.9. The van der Waals surface area contributed by atoms with E-state index in [0.29, 0.717) is 23.3 Å². The summed E-state index contributed by atoms with van der Waals surface area (Å²) in [4.78, 5) is 12.0. The fraction of sp³-hybridized carbons (Fsp3) is 0.938. The maximum atomic E-state index is 12.0. The summed E-state index contributed by atoms with van der Waals surface area (Å²) in [5, 5.41) is 3.36. The van der Waals surface area contributed by atoms with Crippen molar-refractivity contribution < 1.29 is 4.79 Å². The number of carbonyl (C=O) groups excluding carboxylic acids is 1. The van der Waals surface area contributed by atoms with E-state index in [2.05, 4.69) is 12.2 Å². The van der Waals surface area contributed by atoms with Crippen LogP contribution in [0.25, 0.3) is 0 Å². The molecule has 0 unspecified atom stereocenters. The highest BCUT2D eigenvalue weighted by Gasteiger charge is 2.53. The molecular formula is C16H25NO. The van der Waals surface area contributed by atoms with Gasteiger partial charge < -0.3 is 5.32 Å². The normalized spacial score (nSPS) is 47.1. The van der Waals surface area contributed by atoms with Crippen LogP contribution in [0.1, 0.15) is 58.3 Å². The van der Waals surface area contributed by atoms with Crippen molar-refractivity contribution in [2.24, 2.45) is 29.1 Å². The number of carbonyl (C=O) groups is 1. The van der Waals surface area contributed by atoms with Gasteiger partial charge in [-0.2, -0.15) is 0 Å². The van der Waals surface area contributed by atoms with Crippen LogP contribution in [0.15, 0.2) is 0 Å². The molecule has 0 radical (unpaired) electrons. The topological polar surface area (TPSA) is 29.1 Å². The van der Waals surface area contributed by atoms with Crippen LogP contribution >= 0.6 is 0 Å². The first kappa shape index (κ1) is 11.3. The molecule has 0 spiro atoms. The van der Waals surface area contributed by atoms with E-state index in [1.807, 2.05) is 0 Å². The monoisotopic (exact) mass is 247 g/mol. The molecule has 2 nitrogen and oxygen atoms in total. The Hall–Kier alpha value is -0.530. The number of rotatable bonds is 3. The zero-order valence-corrected chi connectivity index (χ0v) is 11.5. The molecule has 5 saturated carbocycles. The van der Waals surface area contributed by atoms with Crippen molar-refractivity contribution >= 4 is 5.91 Å². The van der Waals surface area contributed by atoms with Crippen LogP contribution in [0.4, 0.5) is 0 Å². The molecule has 0 aromatic heterocycles. The number of hydrogen-bond acceptors (Lipinski definition) is 1. The van der Waals surface area contributed by atoms with Crippen molar-refractivity contribution in [2.45, 2.75) is 64.3 Å². The Labute approximate surface area is 110 Å². The van der Waals surface area contributed by atoms with E-state index in [9.17, 15) is 4.79 Å². The average molecular weight is 247 g/mol. The minimum Gasteiger partial charge on any atom is -0.353 e. The molecule has 2 heteroatoms. The molecule has 5 fully saturated rings. The van der Waals surface area contributed by atoms with Gasteiger partial charge in [0.05, 0.1) is 0 Å². The van der Waals surface area contributed by atoms with Crippen LogP contribution in [0, 0.1) is 29.1 Å². The van der Waals surface area contributed by atoms with E-state index in [1.165, 1.54) is 38.5 Å². The quantitative estimate of drug-likeness (QED) is 0.815. The molecule has 0 saturated heterocycles. The molecule has 1 N–H and O–H groups in total. The van der Waals surface area contributed by atoms with Crippen molar-refractivity contribution in [1.29, 1.82) is 0 Å². The second-order valence-corrected chi connectivity index (χ2v) is 7.78. The summed E-state index contributed by atoms with van der Waals surface area (Å²) < 4.78 is 0. The summed E-state index contributed by atoms with van der Waals surface area (Å²) in [5.41, 5.74) is 0.472. The van der Waals surface area contributed by atoms with E-state index >= 15 is 0 Å². The van der Waals surface area contributed by atoms with Gasteiger partial charge in [-0.15, -0.1) is 0 Å².